The molecule has 1 aromatic heterocycles. The molecular weight excluding hydrogens is 384 g/mol. The number of aromatic carboxylic acids is 1. The first-order chi connectivity index (χ1) is 13.9. The Balaban J connectivity index is 0.000000552. The van der Waals surface area contributed by atoms with E-state index in [1.54, 1.807) is 30.0 Å². The quantitative estimate of drug-likeness (QED) is 0.558. The van der Waals surface area contributed by atoms with Gasteiger partial charge in [0.15, 0.2) is 5.58 Å². The van der Waals surface area contributed by atoms with Gasteiger partial charge in [0.1, 0.15) is 5.52 Å². The smallest absolute Gasteiger partial charge is 0.227 e. The Morgan fingerprint density at radius 2 is 1.66 bits per heavy atom. The van der Waals surface area contributed by atoms with Gasteiger partial charge >= 0.3 is 0 Å². The normalized spacial score (nSPS) is 10.6. The maximum Gasteiger partial charge on any atom is 0.227 e. The lowest BCUT2D eigenvalue weighted by atomic mass is 10.1. The van der Waals surface area contributed by atoms with E-state index >= 15 is 0 Å². The molecule has 0 amide bonds. The van der Waals surface area contributed by atoms with Crippen LogP contribution in [0.5, 0.6) is 0 Å². The lowest BCUT2D eigenvalue weighted by Crippen LogP contribution is -2.57. The molecule has 0 unspecified atom stereocenters. The van der Waals surface area contributed by atoms with Crippen LogP contribution in [0.2, 0.25) is 0 Å². The molecule has 0 aliphatic heterocycles. The van der Waals surface area contributed by atoms with E-state index in [1.165, 1.54) is 6.07 Å². The molecule has 0 spiro atoms. The monoisotopic (exact) mass is 406 g/mol. The zero-order chi connectivity index (χ0) is 20.8. The molecule has 0 bridgehead atoms. The van der Waals surface area contributed by atoms with Crippen molar-refractivity contribution in [3.8, 4) is 11.5 Å². The fraction of sp³-hybridized carbons (Fsp3) is 0.130. The largest absolute Gasteiger partial charge is 0.545 e. The van der Waals surface area contributed by atoms with Crippen LogP contribution in [0.4, 0.5) is 0 Å². The summed E-state index contributed by atoms with van der Waals surface area (Å²) in [6.45, 7) is 4.11. The number of carbonyl (C=O) groups excluding carboxylic acids is 1. The molecule has 0 aliphatic carbocycles. The average Bonchev–Trinajstić information content (AvgIpc) is 3.11. The number of hydrogen-bond donors (Lipinski definition) is 1. The van der Waals surface area contributed by atoms with Crippen LogP contribution in [0.1, 0.15) is 24.2 Å². The Morgan fingerprint density at radius 3 is 2.34 bits per heavy atom. The van der Waals surface area contributed by atoms with Crippen molar-refractivity contribution < 1.29 is 20.1 Å². The van der Waals surface area contributed by atoms with Gasteiger partial charge in [-0.2, -0.15) is 0 Å². The SMILES string of the molecule is CC(C)[NH3+].O=C([O-])c1ccccc1-c1nc2ccc(Sc3ccccc3)cc2o1. The highest BCUT2D eigenvalue weighted by atomic mass is 32.2. The number of carbonyl (C=O) groups is 1. The first kappa shape index (κ1) is 20.6. The van der Waals surface area contributed by atoms with E-state index in [0.29, 0.717) is 22.7 Å². The van der Waals surface area contributed by atoms with Crippen LogP contribution in [0.25, 0.3) is 22.6 Å². The average molecular weight is 407 g/mol. The molecule has 29 heavy (non-hydrogen) atoms. The summed E-state index contributed by atoms with van der Waals surface area (Å²) in [5.41, 5.74) is 5.41. The number of hydrogen-bond acceptors (Lipinski definition) is 5. The summed E-state index contributed by atoms with van der Waals surface area (Å²) in [7, 11) is 0. The summed E-state index contributed by atoms with van der Waals surface area (Å²) in [5.74, 6) is -0.977. The maximum absolute atomic E-state index is 11.3. The highest BCUT2D eigenvalue weighted by Crippen LogP contribution is 2.32. The van der Waals surface area contributed by atoms with Crippen LogP contribution in [0.3, 0.4) is 0 Å². The number of oxazole rings is 1. The molecule has 0 aliphatic rings. The number of carboxylic acids is 1. The van der Waals surface area contributed by atoms with Crippen LogP contribution < -0.4 is 10.8 Å². The molecule has 4 aromatic rings. The number of rotatable bonds is 4. The molecule has 0 atom stereocenters. The Hall–Kier alpha value is -3.09. The predicted octanol–water partition coefficient (Wildman–Crippen LogP) is 3.65. The van der Waals surface area contributed by atoms with Crippen LogP contribution in [-0.4, -0.2) is 17.0 Å². The highest BCUT2D eigenvalue weighted by molar-refractivity contribution is 7.99. The highest BCUT2D eigenvalue weighted by Gasteiger charge is 2.13. The zero-order valence-corrected chi connectivity index (χ0v) is 17.1. The Kier molecular flexibility index (Phi) is 6.69. The molecule has 3 aromatic carbocycles. The van der Waals surface area contributed by atoms with Gasteiger partial charge in [-0.1, -0.05) is 48.2 Å². The van der Waals surface area contributed by atoms with Gasteiger partial charge in [0.05, 0.1) is 12.0 Å². The summed E-state index contributed by atoms with van der Waals surface area (Å²) >= 11 is 1.62. The third-order valence-electron chi connectivity index (χ3n) is 3.72. The van der Waals surface area contributed by atoms with E-state index in [1.807, 2.05) is 48.5 Å². The van der Waals surface area contributed by atoms with Gasteiger partial charge in [-0.15, -0.1) is 0 Å². The molecule has 5 nitrogen and oxygen atoms in total. The van der Waals surface area contributed by atoms with Crippen molar-refractivity contribution in [3.05, 3.63) is 78.4 Å². The van der Waals surface area contributed by atoms with Crippen molar-refractivity contribution in [2.75, 3.05) is 0 Å². The minimum Gasteiger partial charge on any atom is -0.545 e. The van der Waals surface area contributed by atoms with Gasteiger partial charge < -0.3 is 20.1 Å². The lowest BCUT2D eigenvalue weighted by Gasteiger charge is -2.06. The number of benzene rings is 3. The second kappa shape index (κ2) is 9.41. The van der Waals surface area contributed by atoms with E-state index in [0.717, 1.165) is 9.79 Å². The Morgan fingerprint density at radius 1 is 1.00 bits per heavy atom. The van der Waals surface area contributed by atoms with Gasteiger partial charge in [-0.3, -0.25) is 0 Å². The molecule has 0 saturated heterocycles. The van der Waals surface area contributed by atoms with Crippen LogP contribution >= 0.6 is 11.8 Å². The zero-order valence-electron chi connectivity index (χ0n) is 16.3. The summed E-state index contributed by atoms with van der Waals surface area (Å²) in [6.07, 6.45) is 0. The standard InChI is InChI=1S/C20H13NO3S.C3H9N/c22-20(23)16-9-5-4-8-15(16)19-21-17-11-10-14(12-18(17)24-19)25-13-6-2-1-3-7-13;1-3(2)4/h1-12H,(H,22,23);3H,4H2,1-2H3. The van der Waals surface area contributed by atoms with Crippen molar-refractivity contribution in [1.29, 1.82) is 0 Å². The summed E-state index contributed by atoms with van der Waals surface area (Å²) in [5, 5.41) is 11.3. The molecule has 0 fully saturated rings. The topological polar surface area (TPSA) is 93.8 Å². The molecule has 0 radical (unpaired) electrons. The van der Waals surface area contributed by atoms with Crippen LogP contribution in [0, 0.1) is 0 Å². The molecule has 6 heteroatoms. The molecule has 4 rings (SSSR count). The number of carboxylic acid groups (broad SMARTS) is 1. The number of fused-ring (bicyclic) bond motifs is 1. The summed E-state index contributed by atoms with van der Waals surface area (Å²) < 4.78 is 5.81. The van der Waals surface area contributed by atoms with Crippen molar-refractivity contribution in [3.63, 3.8) is 0 Å². The number of nitrogens with zero attached hydrogens (tertiary/aromatic N) is 1. The fourth-order valence-electron chi connectivity index (χ4n) is 2.56. The first-order valence-electron chi connectivity index (χ1n) is 9.21. The summed E-state index contributed by atoms with van der Waals surface area (Å²) in [6, 6.07) is 22.9. The van der Waals surface area contributed by atoms with Crippen molar-refractivity contribution in [1.82, 2.24) is 4.98 Å². The maximum atomic E-state index is 11.3. The third kappa shape index (κ3) is 5.47. The van der Waals surface area contributed by atoms with E-state index in [4.69, 9.17) is 4.42 Å². The lowest BCUT2D eigenvalue weighted by molar-refractivity contribution is -0.407. The third-order valence-corrected chi connectivity index (χ3v) is 4.71. The van der Waals surface area contributed by atoms with Gasteiger partial charge in [0.2, 0.25) is 5.89 Å². The number of aromatic nitrogens is 1. The molecule has 1 heterocycles. The van der Waals surface area contributed by atoms with Gasteiger partial charge in [-0.05, 0) is 50.2 Å². The minimum atomic E-state index is -1.25. The molecule has 148 valence electrons. The van der Waals surface area contributed by atoms with Gasteiger partial charge in [-0.25, -0.2) is 4.98 Å². The van der Waals surface area contributed by atoms with Gasteiger partial charge in [0.25, 0.3) is 0 Å². The minimum absolute atomic E-state index is 0.0629. The first-order valence-corrected chi connectivity index (χ1v) is 10.0. The fourth-order valence-corrected chi connectivity index (χ4v) is 3.42. The summed E-state index contributed by atoms with van der Waals surface area (Å²) in [4.78, 5) is 17.8. The van der Waals surface area contributed by atoms with Crippen molar-refractivity contribution in [2.24, 2.45) is 0 Å². The molecule has 0 saturated carbocycles. The second-order valence-electron chi connectivity index (χ2n) is 6.79. The van der Waals surface area contributed by atoms with E-state index in [-0.39, 0.29) is 11.5 Å². The number of quaternary nitrogens is 1. The van der Waals surface area contributed by atoms with Crippen LogP contribution in [0.15, 0.2) is 87.0 Å². The van der Waals surface area contributed by atoms with Crippen molar-refractivity contribution >= 4 is 28.8 Å². The van der Waals surface area contributed by atoms with Crippen LogP contribution in [-0.2, 0) is 0 Å². The Labute approximate surface area is 173 Å². The van der Waals surface area contributed by atoms with Crippen molar-refractivity contribution in [2.45, 2.75) is 29.7 Å². The second-order valence-corrected chi connectivity index (χ2v) is 7.94. The van der Waals surface area contributed by atoms with E-state index in [2.05, 4.69) is 24.6 Å². The Bertz CT molecular complexity index is 1100. The van der Waals surface area contributed by atoms with E-state index < -0.39 is 5.97 Å². The predicted molar refractivity (Wildman–Crippen MR) is 112 cm³/mol. The molecular formula is C23H22N2O3S. The van der Waals surface area contributed by atoms with E-state index in [9.17, 15) is 9.90 Å². The van der Waals surface area contributed by atoms with Gasteiger partial charge in [0, 0.05) is 20.9 Å². The molecule has 3 N–H and O–H groups in total.